The molecule has 2 aliphatic rings. The van der Waals surface area contributed by atoms with Crippen LogP contribution in [0.25, 0.3) is 0 Å². The first kappa shape index (κ1) is 17.3. The third kappa shape index (κ3) is 4.10. The van der Waals surface area contributed by atoms with Crippen molar-refractivity contribution in [1.82, 2.24) is 10.2 Å². The number of piperidine rings is 1. The number of nitrogens with one attached hydrogen (secondary N) is 1. The van der Waals surface area contributed by atoms with Gasteiger partial charge < -0.3 is 15.3 Å². The summed E-state index contributed by atoms with van der Waals surface area (Å²) in [6.07, 6.45) is 2.72. The highest BCUT2D eigenvalue weighted by atomic mass is 16.3. The molecular formula is C20H31N3O. The maximum absolute atomic E-state index is 9.70. The van der Waals surface area contributed by atoms with Gasteiger partial charge in [0.05, 0.1) is 6.10 Å². The predicted octanol–water partition coefficient (Wildman–Crippen LogP) is 3.09. The van der Waals surface area contributed by atoms with Crippen molar-refractivity contribution in [3.8, 4) is 0 Å². The minimum Gasteiger partial charge on any atom is -0.393 e. The molecule has 1 saturated carbocycles. The van der Waals surface area contributed by atoms with Crippen molar-refractivity contribution in [2.45, 2.75) is 64.0 Å². The van der Waals surface area contributed by atoms with E-state index in [0.717, 1.165) is 38.4 Å². The lowest BCUT2D eigenvalue weighted by molar-refractivity contribution is 0.108. The molecule has 4 heteroatoms. The van der Waals surface area contributed by atoms with Crippen molar-refractivity contribution in [2.75, 3.05) is 19.6 Å². The molecule has 0 amide bonds. The summed E-state index contributed by atoms with van der Waals surface area (Å²) >= 11 is 0. The van der Waals surface area contributed by atoms with Gasteiger partial charge in [-0.1, -0.05) is 38.1 Å². The Labute approximate surface area is 146 Å². The van der Waals surface area contributed by atoms with Crippen LogP contribution in [0.5, 0.6) is 0 Å². The fourth-order valence-corrected chi connectivity index (χ4v) is 3.48. The molecule has 132 valence electrons. The van der Waals surface area contributed by atoms with E-state index in [1.807, 2.05) is 0 Å². The van der Waals surface area contributed by atoms with Crippen LogP contribution >= 0.6 is 0 Å². The van der Waals surface area contributed by atoms with Gasteiger partial charge >= 0.3 is 0 Å². The van der Waals surface area contributed by atoms with Crippen LogP contribution in [0, 0.1) is 0 Å². The van der Waals surface area contributed by atoms with Crippen LogP contribution in [0.2, 0.25) is 0 Å². The smallest absolute Gasteiger partial charge is 0.194 e. The fraction of sp³-hybridized carbons (Fsp3) is 0.650. The number of hydrogen-bond acceptors (Lipinski definition) is 2. The number of aliphatic hydroxyl groups excluding tert-OH is 1. The van der Waals surface area contributed by atoms with E-state index in [-0.39, 0.29) is 6.10 Å². The third-order valence-corrected chi connectivity index (χ3v) is 5.21. The minimum atomic E-state index is -0.141. The Morgan fingerprint density at radius 1 is 1.25 bits per heavy atom. The summed E-state index contributed by atoms with van der Waals surface area (Å²) in [4.78, 5) is 6.97. The summed E-state index contributed by atoms with van der Waals surface area (Å²) in [6, 6.07) is 9.60. The average molecular weight is 329 g/mol. The molecule has 24 heavy (non-hydrogen) atoms. The Hall–Kier alpha value is -1.55. The van der Waals surface area contributed by atoms with Crippen molar-refractivity contribution in [3.05, 3.63) is 35.4 Å². The van der Waals surface area contributed by atoms with Gasteiger partial charge in [-0.2, -0.15) is 0 Å². The number of guanidine groups is 1. The summed E-state index contributed by atoms with van der Waals surface area (Å²) in [5, 5.41) is 13.4. The number of hydrogen-bond donors (Lipinski definition) is 2. The molecule has 1 aromatic rings. The molecular weight excluding hydrogens is 298 g/mol. The van der Waals surface area contributed by atoms with E-state index in [4.69, 9.17) is 0 Å². The standard InChI is InChI=1S/C20H31N3O/c1-4-21-20(23-11-9-17(24)10-12-23)22-19-13-18(19)16-7-5-15(6-8-16)14(2)3/h5-8,14,17-19,24H,4,9-13H2,1-3H3,(H,21,22). The summed E-state index contributed by atoms with van der Waals surface area (Å²) in [5.41, 5.74) is 2.84. The SMILES string of the molecule is CCN=C(NC1CC1c1ccc(C(C)C)cc1)N1CCC(O)CC1. The number of likely N-dealkylation sites (tertiary alicyclic amines) is 1. The first-order valence-corrected chi connectivity index (χ1v) is 9.42. The van der Waals surface area contributed by atoms with E-state index in [1.54, 1.807) is 0 Å². The molecule has 0 aromatic heterocycles. The van der Waals surface area contributed by atoms with Gasteiger partial charge in [-0.15, -0.1) is 0 Å². The molecule has 1 aliphatic carbocycles. The maximum Gasteiger partial charge on any atom is 0.194 e. The minimum absolute atomic E-state index is 0.141. The van der Waals surface area contributed by atoms with Gasteiger partial charge in [-0.3, -0.25) is 4.99 Å². The molecule has 1 aliphatic heterocycles. The molecule has 2 unspecified atom stereocenters. The van der Waals surface area contributed by atoms with E-state index < -0.39 is 0 Å². The van der Waals surface area contributed by atoms with Crippen LogP contribution in [0.3, 0.4) is 0 Å². The monoisotopic (exact) mass is 329 g/mol. The lowest BCUT2D eigenvalue weighted by atomic mass is 10.0. The molecule has 1 heterocycles. The average Bonchev–Trinajstić information content (AvgIpc) is 3.34. The normalized spacial score (nSPS) is 25.2. The number of nitrogens with zero attached hydrogens (tertiary/aromatic N) is 2. The van der Waals surface area contributed by atoms with E-state index in [0.29, 0.717) is 17.9 Å². The second-order valence-electron chi connectivity index (χ2n) is 7.43. The molecule has 0 spiro atoms. The van der Waals surface area contributed by atoms with Crippen molar-refractivity contribution >= 4 is 5.96 Å². The quantitative estimate of drug-likeness (QED) is 0.659. The zero-order chi connectivity index (χ0) is 17.1. The van der Waals surface area contributed by atoms with Gasteiger partial charge in [0, 0.05) is 31.6 Å². The van der Waals surface area contributed by atoms with Crippen LogP contribution in [-0.4, -0.2) is 47.7 Å². The molecule has 2 fully saturated rings. The highest BCUT2D eigenvalue weighted by Crippen LogP contribution is 2.41. The predicted molar refractivity (Wildman–Crippen MR) is 99.6 cm³/mol. The largest absolute Gasteiger partial charge is 0.393 e. The topological polar surface area (TPSA) is 47.9 Å². The van der Waals surface area contributed by atoms with Crippen LogP contribution in [0.15, 0.2) is 29.3 Å². The zero-order valence-corrected chi connectivity index (χ0v) is 15.2. The lowest BCUT2D eigenvalue weighted by Gasteiger charge is -2.32. The Morgan fingerprint density at radius 3 is 2.50 bits per heavy atom. The van der Waals surface area contributed by atoms with E-state index >= 15 is 0 Å². The van der Waals surface area contributed by atoms with Crippen molar-refractivity contribution in [1.29, 1.82) is 0 Å². The van der Waals surface area contributed by atoms with Crippen LogP contribution in [0.4, 0.5) is 0 Å². The van der Waals surface area contributed by atoms with Gasteiger partial charge in [-0.05, 0) is 43.2 Å². The first-order chi connectivity index (χ1) is 11.6. The molecule has 0 radical (unpaired) electrons. The Balaban J connectivity index is 1.58. The fourth-order valence-electron chi connectivity index (χ4n) is 3.48. The molecule has 1 saturated heterocycles. The first-order valence-electron chi connectivity index (χ1n) is 9.42. The highest BCUT2D eigenvalue weighted by molar-refractivity contribution is 5.81. The van der Waals surface area contributed by atoms with Crippen LogP contribution in [0.1, 0.15) is 63.0 Å². The third-order valence-electron chi connectivity index (χ3n) is 5.21. The number of aliphatic hydroxyl groups is 1. The van der Waals surface area contributed by atoms with Crippen molar-refractivity contribution < 1.29 is 5.11 Å². The molecule has 3 rings (SSSR count). The molecule has 2 N–H and O–H groups in total. The van der Waals surface area contributed by atoms with Gasteiger partial charge in [0.1, 0.15) is 0 Å². The summed E-state index contributed by atoms with van der Waals surface area (Å²) in [6.45, 7) is 9.14. The Kier molecular flexibility index (Phi) is 5.44. The van der Waals surface area contributed by atoms with Gasteiger partial charge in [0.25, 0.3) is 0 Å². The second kappa shape index (κ2) is 7.56. The van der Waals surface area contributed by atoms with E-state index in [9.17, 15) is 5.11 Å². The van der Waals surface area contributed by atoms with Crippen LogP contribution in [-0.2, 0) is 0 Å². The maximum atomic E-state index is 9.70. The van der Waals surface area contributed by atoms with Crippen molar-refractivity contribution in [3.63, 3.8) is 0 Å². The Bertz CT molecular complexity index is 559. The van der Waals surface area contributed by atoms with Crippen LogP contribution < -0.4 is 5.32 Å². The number of rotatable bonds is 4. The molecule has 4 nitrogen and oxygen atoms in total. The van der Waals surface area contributed by atoms with E-state index in [1.165, 1.54) is 17.5 Å². The molecule has 0 bridgehead atoms. The summed E-state index contributed by atoms with van der Waals surface area (Å²) < 4.78 is 0. The van der Waals surface area contributed by atoms with Gasteiger partial charge in [0.2, 0.25) is 0 Å². The zero-order valence-electron chi connectivity index (χ0n) is 15.2. The Morgan fingerprint density at radius 2 is 1.92 bits per heavy atom. The lowest BCUT2D eigenvalue weighted by Crippen LogP contribution is -2.47. The second-order valence-corrected chi connectivity index (χ2v) is 7.43. The number of aliphatic imine (C=N–C) groups is 1. The highest BCUT2D eigenvalue weighted by Gasteiger charge is 2.39. The van der Waals surface area contributed by atoms with Gasteiger partial charge in [0.15, 0.2) is 5.96 Å². The van der Waals surface area contributed by atoms with Crippen molar-refractivity contribution in [2.24, 2.45) is 4.99 Å². The molecule has 2 atom stereocenters. The van der Waals surface area contributed by atoms with Gasteiger partial charge in [-0.25, -0.2) is 0 Å². The summed E-state index contributed by atoms with van der Waals surface area (Å²) in [5.74, 6) is 2.21. The van der Waals surface area contributed by atoms with E-state index in [2.05, 4.69) is 60.2 Å². The summed E-state index contributed by atoms with van der Waals surface area (Å²) in [7, 11) is 0. The number of benzene rings is 1. The molecule has 1 aromatic carbocycles.